The Morgan fingerprint density at radius 3 is 2.88 bits per heavy atom. The van der Waals surface area contributed by atoms with Gasteiger partial charge in [-0.3, -0.25) is 9.69 Å². The van der Waals surface area contributed by atoms with Crippen molar-refractivity contribution in [3.05, 3.63) is 65.9 Å². The first kappa shape index (κ1) is 16.2. The first-order valence-corrected chi connectivity index (χ1v) is 8.55. The SMILES string of the molecule is CC(NC(=O)c1cccc2cc[nH]c12)c1cccc(N2CCOC2=O)c1. The van der Waals surface area contributed by atoms with E-state index in [1.165, 1.54) is 0 Å². The van der Waals surface area contributed by atoms with E-state index in [2.05, 4.69) is 10.3 Å². The van der Waals surface area contributed by atoms with Crippen LogP contribution in [0.15, 0.2) is 54.7 Å². The molecule has 6 heteroatoms. The summed E-state index contributed by atoms with van der Waals surface area (Å²) in [4.78, 5) is 29.2. The normalized spacial score (nSPS) is 15.1. The Balaban J connectivity index is 1.55. The van der Waals surface area contributed by atoms with Crippen LogP contribution in [0.5, 0.6) is 0 Å². The largest absolute Gasteiger partial charge is 0.447 e. The fraction of sp³-hybridized carbons (Fsp3) is 0.200. The molecule has 0 aliphatic carbocycles. The van der Waals surface area contributed by atoms with Crippen molar-refractivity contribution in [1.82, 2.24) is 10.3 Å². The first-order valence-electron chi connectivity index (χ1n) is 8.55. The quantitative estimate of drug-likeness (QED) is 0.755. The third kappa shape index (κ3) is 2.90. The van der Waals surface area contributed by atoms with Crippen molar-refractivity contribution in [2.75, 3.05) is 18.1 Å². The molecule has 1 atom stereocenters. The number of amides is 2. The van der Waals surface area contributed by atoms with Gasteiger partial charge in [-0.25, -0.2) is 4.79 Å². The van der Waals surface area contributed by atoms with Gasteiger partial charge in [0, 0.05) is 17.3 Å². The molecule has 1 aliphatic rings. The summed E-state index contributed by atoms with van der Waals surface area (Å²) in [7, 11) is 0. The number of benzene rings is 2. The molecule has 0 radical (unpaired) electrons. The highest BCUT2D eigenvalue weighted by molar-refractivity contribution is 6.05. The van der Waals surface area contributed by atoms with Crippen molar-refractivity contribution in [1.29, 1.82) is 0 Å². The van der Waals surface area contributed by atoms with Crippen molar-refractivity contribution in [2.24, 2.45) is 0 Å². The monoisotopic (exact) mass is 349 g/mol. The number of nitrogens with zero attached hydrogens (tertiary/aromatic N) is 1. The zero-order valence-electron chi connectivity index (χ0n) is 14.4. The maximum Gasteiger partial charge on any atom is 0.414 e. The third-order valence-corrected chi connectivity index (χ3v) is 4.62. The molecule has 0 bridgehead atoms. The topological polar surface area (TPSA) is 74.4 Å². The molecule has 1 fully saturated rings. The van der Waals surface area contributed by atoms with E-state index < -0.39 is 0 Å². The number of carbonyl (C=O) groups excluding carboxylic acids is 2. The summed E-state index contributed by atoms with van der Waals surface area (Å²) in [5.74, 6) is -0.142. The molecule has 132 valence electrons. The van der Waals surface area contributed by atoms with E-state index in [0.717, 1.165) is 22.2 Å². The molecule has 1 saturated heterocycles. The molecule has 26 heavy (non-hydrogen) atoms. The number of aromatic amines is 1. The van der Waals surface area contributed by atoms with Gasteiger partial charge in [-0.05, 0) is 36.8 Å². The number of rotatable bonds is 4. The van der Waals surface area contributed by atoms with Crippen molar-refractivity contribution >= 4 is 28.6 Å². The third-order valence-electron chi connectivity index (χ3n) is 4.62. The summed E-state index contributed by atoms with van der Waals surface area (Å²) in [5.41, 5.74) is 3.14. The van der Waals surface area contributed by atoms with E-state index in [-0.39, 0.29) is 18.0 Å². The number of aromatic nitrogens is 1. The highest BCUT2D eigenvalue weighted by Crippen LogP contribution is 2.24. The number of nitrogens with one attached hydrogen (secondary N) is 2. The fourth-order valence-corrected chi connectivity index (χ4v) is 3.22. The second-order valence-electron chi connectivity index (χ2n) is 6.30. The number of ether oxygens (including phenoxy) is 1. The number of fused-ring (bicyclic) bond motifs is 1. The molecule has 6 nitrogen and oxygen atoms in total. The highest BCUT2D eigenvalue weighted by atomic mass is 16.6. The molecule has 0 spiro atoms. The average molecular weight is 349 g/mol. The van der Waals surface area contributed by atoms with Gasteiger partial charge in [-0.2, -0.15) is 0 Å². The Hall–Kier alpha value is -3.28. The van der Waals surface area contributed by atoms with Gasteiger partial charge in [0.25, 0.3) is 5.91 Å². The lowest BCUT2D eigenvalue weighted by atomic mass is 10.1. The van der Waals surface area contributed by atoms with E-state index in [0.29, 0.717) is 18.7 Å². The molecular formula is C20H19N3O3. The van der Waals surface area contributed by atoms with E-state index in [4.69, 9.17) is 4.74 Å². The van der Waals surface area contributed by atoms with Crippen LogP contribution < -0.4 is 10.2 Å². The van der Waals surface area contributed by atoms with E-state index in [1.54, 1.807) is 11.0 Å². The number of hydrogen-bond donors (Lipinski definition) is 2. The predicted octanol–water partition coefficient (Wildman–Crippen LogP) is 3.62. The molecule has 0 saturated carbocycles. The summed E-state index contributed by atoms with van der Waals surface area (Å²) < 4.78 is 4.99. The van der Waals surface area contributed by atoms with Crippen LogP contribution in [0.25, 0.3) is 10.9 Å². The zero-order valence-corrected chi connectivity index (χ0v) is 14.4. The van der Waals surface area contributed by atoms with Gasteiger partial charge in [0.2, 0.25) is 0 Å². The number of hydrogen-bond acceptors (Lipinski definition) is 3. The molecule has 1 aromatic heterocycles. The van der Waals surface area contributed by atoms with Crippen molar-refractivity contribution in [3.8, 4) is 0 Å². The molecule has 2 aromatic carbocycles. The van der Waals surface area contributed by atoms with Crippen LogP contribution in [0.3, 0.4) is 0 Å². The van der Waals surface area contributed by atoms with Crippen LogP contribution in [0.4, 0.5) is 10.5 Å². The molecule has 3 aromatic rings. The van der Waals surface area contributed by atoms with Crippen LogP contribution in [-0.2, 0) is 4.74 Å². The number of anilines is 1. The van der Waals surface area contributed by atoms with Gasteiger partial charge < -0.3 is 15.0 Å². The van der Waals surface area contributed by atoms with E-state index in [1.807, 2.05) is 55.6 Å². The second-order valence-corrected chi connectivity index (χ2v) is 6.30. The zero-order chi connectivity index (χ0) is 18.1. The molecule has 2 heterocycles. The Morgan fingerprint density at radius 1 is 1.23 bits per heavy atom. The molecule has 2 N–H and O–H groups in total. The minimum Gasteiger partial charge on any atom is -0.447 e. The minimum atomic E-state index is -0.336. The van der Waals surface area contributed by atoms with Gasteiger partial charge in [0.1, 0.15) is 6.61 Å². The molecule has 2 amide bonds. The van der Waals surface area contributed by atoms with Gasteiger partial charge in [-0.15, -0.1) is 0 Å². The summed E-state index contributed by atoms with van der Waals surface area (Å²) in [5, 5.41) is 4.03. The lowest BCUT2D eigenvalue weighted by Gasteiger charge is -2.18. The van der Waals surface area contributed by atoms with Gasteiger partial charge in [0.15, 0.2) is 0 Å². The van der Waals surface area contributed by atoms with Crippen LogP contribution >= 0.6 is 0 Å². The smallest absolute Gasteiger partial charge is 0.414 e. The predicted molar refractivity (Wildman–Crippen MR) is 99.3 cm³/mol. The Morgan fingerprint density at radius 2 is 2.08 bits per heavy atom. The van der Waals surface area contributed by atoms with Gasteiger partial charge in [-0.1, -0.05) is 24.3 Å². The van der Waals surface area contributed by atoms with Crippen LogP contribution in [0.2, 0.25) is 0 Å². The van der Waals surface area contributed by atoms with Crippen LogP contribution in [0, 0.1) is 0 Å². The maximum atomic E-state index is 12.7. The average Bonchev–Trinajstić information content (AvgIpc) is 3.30. The van der Waals surface area contributed by atoms with Crippen LogP contribution in [-0.4, -0.2) is 30.1 Å². The maximum absolute atomic E-state index is 12.7. The molecule has 1 unspecified atom stereocenters. The van der Waals surface area contributed by atoms with E-state index >= 15 is 0 Å². The van der Waals surface area contributed by atoms with Crippen molar-refractivity contribution in [3.63, 3.8) is 0 Å². The Labute approximate surface area is 150 Å². The fourth-order valence-electron chi connectivity index (χ4n) is 3.22. The van der Waals surface area contributed by atoms with Gasteiger partial charge in [0.05, 0.1) is 23.7 Å². The first-order chi connectivity index (χ1) is 12.6. The number of cyclic esters (lactones) is 1. The van der Waals surface area contributed by atoms with Crippen molar-refractivity contribution < 1.29 is 14.3 Å². The Bertz CT molecular complexity index is 979. The van der Waals surface area contributed by atoms with Crippen molar-refractivity contribution in [2.45, 2.75) is 13.0 Å². The summed E-state index contributed by atoms with van der Waals surface area (Å²) in [6.07, 6.45) is 1.49. The Kier molecular flexibility index (Phi) is 4.08. The number of H-pyrrole nitrogens is 1. The highest BCUT2D eigenvalue weighted by Gasteiger charge is 2.24. The lowest BCUT2D eigenvalue weighted by Crippen LogP contribution is -2.27. The van der Waals surface area contributed by atoms with E-state index in [9.17, 15) is 9.59 Å². The lowest BCUT2D eigenvalue weighted by molar-refractivity contribution is 0.0941. The van der Waals surface area contributed by atoms with Crippen LogP contribution in [0.1, 0.15) is 28.9 Å². The summed E-state index contributed by atoms with van der Waals surface area (Å²) >= 11 is 0. The number of para-hydroxylation sites is 1. The number of carbonyl (C=O) groups is 2. The standard InChI is InChI=1S/C20H19N3O3/c1-13(15-5-2-6-16(12-15)23-10-11-26-20(23)25)22-19(24)17-7-3-4-14-8-9-21-18(14)17/h2-9,12-13,21H,10-11H2,1H3,(H,22,24). The minimum absolute atomic E-state index is 0.142. The van der Waals surface area contributed by atoms with Gasteiger partial charge >= 0.3 is 6.09 Å². The second kappa shape index (κ2) is 6.55. The molecular weight excluding hydrogens is 330 g/mol. The molecule has 1 aliphatic heterocycles. The molecule has 4 rings (SSSR count). The summed E-state index contributed by atoms with van der Waals surface area (Å²) in [6.45, 7) is 2.86. The summed E-state index contributed by atoms with van der Waals surface area (Å²) in [6, 6.07) is 15.0.